The van der Waals surface area contributed by atoms with Crippen LogP contribution in [0.1, 0.15) is 79.1 Å². The third kappa shape index (κ3) is 2.91. The fourth-order valence-corrected chi connectivity index (χ4v) is 7.96. The minimum Gasteiger partial charge on any atom is -0.462 e. The summed E-state index contributed by atoms with van der Waals surface area (Å²) < 4.78 is 5.55. The van der Waals surface area contributed by atoms with Gasteiger partial charge in [0.2, 0.25) is 0 Å². The second-order valence-corrected chi connectivity index (χ2v) is 10.5. The molecule has 3 nitrogen and oxygen atoms in total. The van der Waals surface area contributed by atoms with Gasteiger partial charge in [-0.25, -0.2) is 0 Å². The van der Waals surface area contributed by atoms with Crippen molar-refractivity contribution >= 4 is 12.3 Å². The van der Waals surface area contributed by atoms with Crippen LogP contribution in [0, 0.1) is 40.4 Å². The van der Waals surface area contributed by atoms with Crippen LogP contribution >= 0.6 is 0 Å². The number of hydrogen-bond acceptors (Lipinski definition) is 3. The number of allylic oxidation sites excluding steroid dienone is 1. The molecular weight excluding hydrogens is 336 g/mol. The van der Waals surface area contributed by atoms with Gasteiger partial charge < -0.3 is 9.53 Å². The number of ether oxygens (including phenoxy) is 1. The van der Waals surface area contributed by atoms with Gasteiger partial charge in [-0.2, -0.15) is 0 Å². The van der Waals surface area contributed by atoms with Crippen LogP contribution < -0.4 is 0 Å². The number of carbonyl (C=O) groups excluding carboxylic acids is 2. The van der Waals surface area contributed by atoms with Crippen molar-refractivity contribution in [2.45, 2.75) is 85.2 Å². The van der Waals surface area contributed by atoms with Crippen molar-refractivity contribution in [3.8, 4) is 0 Å². The van der Waals surface area contributed by atoms with E-state index in [9.17, 15) is 9.59 Å². The van der Waals surface area contributed by atoms with Crippen molar-refractivity contribution in [3.63, 3.8) is 0 Å². The van der Waals surface area contributed by atoms with E-state index in [1.165, 1.54) is 45.3 Å². The van der Waals surface area contributed by atoms with E-state index >= 15 is 0 Å². The molecule has 3 heteroatoms. The standard InChI is InChI=1S/C24H36O3/c1-15(14-25)20-7-8-21-19-6-5-17-13-18(27-16(2)26)9-11-23(17,3)22(19)10-12-24(20,21)4/h5,14-15,18-22H,6-13H2,1-4H3/t15-,18+,19?,20-,21?,22?,23+,24-/m1/s1. The number of aldehydes is 1. The van der Waals surface area contributed by atoms with Gasteiger partial charge in [0.1, 0.15) is 12.4 Å². The quantitative estimate of drug-likeness (QED) is 0.382. The maximum absolute atomic E-state index is 11.5. The number of carbonyl (C=O) groups is 2. The molecule has 27 heavy (non-hydrogen) atoms. The van der Waals surface area contributed by atoms with Gasteiger partial charge in [0, 0.05) is 19.3 Å². The Morgan fingerprint density at radius 3 is 2.67 bits per heavy atom. The summed E-state index contributed by atoms with van der Waals surface area (Å²) in [6.45, 7) is 8.64. The van der Waals surface area contributed by atoms with Crippen LogP contribution in [-0.2, 0) is 14.3 Å². The molecule has 0 bridgehead atoms. The molecule has 8 atom stereocenters. The van der Waals surface area contributed by atoms with Crippen LogP contribution in [0.25, 0.3) is 0 Å². The Bertz CT molecular complexity index is 652. The molecule has 3 saturated carbocycles. The molecule has 0 aromatic rings. The minimum atomic E-state index is -0.146. The molecular formula is C24H36O3. The van der Waals surface area contributed by atoms with Crippen LogP contribution in [-0.4, -0.2) is 18.4 Å². The van der Waals surface area contributed by atoms with Crippen LogP contribution in [0.5, 0.6) is 0 Å². The lowest BCUT2D eigenvalue weighted by Gasteiger charge is -2.58. The summed E-state index contributed by atoms with van der Waals surface area (Å²) in [6, 6.07) is 0. The summed E-state index contributed by atoms with van der Waals surface area (Å²) in [5.74, 6) is 2.92. The van der Waals surface area contributed by atoms with E-state index in [2.05, 4.69) is 26.8 Å². The van der Waals surface area contributed by atoms with Crippen molar-refractivity contribution in [1.29, 1.82) is 0 Å². The van der Waals surface area contributed by atoms with Gasteiger partial charge in [-0.05, 0) is 79.4 Å². The molecule has 0 aliphatic heterocycles. The maximum atomic E-state index is 11.5. The normalized spacial score (nSPS) is 47.1. The third-order valence-corrected chi connectivity index (χ3v) is 9.31. The van der Waals surface area contributed by atoms with Crippen molar-refractivity contribution in [2.75, 3.05) is 0 Å². The molecule has 0 heterocycles. The van der Waals surface area contributed by atoms with Crippen LogP contribution in [0.4, 0.5) is 0 Å². The lowest BCUT2D eigenvalue weighted by Crippen LogP contribution is -2.51. The van der Waals surface area contributed by atoms with E-state index in [1.54, 1.807) is 5.57 Å². The zero-order valence-corrected chi connectivity index (χ0v) is 17.5. The van der Waals surface area contributed by atoms with Crippen molar-refractivity contribution < 1.29 is 14.3 Å². The summed E-state index contributed by atoms with van der Waals surface area (Å²) in [5.41, 5.74) is 2.19. The highest BCUT2D eigenvalue weighted by Crippen LogP contribution is 2.67. The molecule has 0 aromatic heterocycles. The highest BCUT2D eigenvalue weighted by Gasteiger charge is 2.59. The number of esters is 1. The van der Waals surface area contributed by atoms with Gasteiger partial charge in [0.05, 0.1) is 0 Å². The number of fused-ring (bicyclic) bond motifs is 5. The van der Waals surface area contributed by atoms with Gasteiger partial charge in [-0.15, -0.1) is 0 Å². The predicted molar refractivity (Wildman–Crippen MR) is 106 cm³/mol. The van der Waals surface area contributed by atoms with E-state index < -0.39 is 0 Å². The Labute approximate surface area is 164 Å². The van der Waals surface area contributed by atoms with E-state index in [-0.39, 0.29) is 23.4 Å². The topological polar surface area (TPSA) is 43.4 Å². The summed E-state index contributed by atoms with van der Waals surface area (Å²) in [5, 5.41) is 0. The maximum Gasteiger partial charge on any atom is 0.302 e. The first-order chi connectivity index (χ1) is 12.8. The Morgan fingerprint density at radius 1 is 1.19 bits per heavy atom. The van der Waals surface area contributed by atoms with Gasteiger partial charge in [0.15, 0.2) is 0 Å². The molecule has 4 aliphatic carbocycles. The average molecular weight is 373 g/mol. The summed E-state index contributed by atoms with van der Waals surface area (Å²) >= 11 is 0. The first kappa shape index (κ1) is 19.2. The largest absolute Gasteiger partial charge is 0.462 e. The van der Waals surface area contributed by atoms with Crippen LogP contribution in [0.2, 0.25) is 0 Å². The molecule has 0 aromatic carbocycles. The predicted octanol–water partition coefficient (Wildman–Crippen LogP) is 5.33. The zero-order chi connectivity index (χ0) is 19.4. The summed E-state index contributed by atoms with van der Waals surface area (Å²) in [6.07, 6.45) is 13.2. The molecule has 4 rings (SSSR count). The average Bonchev–Trinajstić information content (AvgIpc) is 2.98. The Balaban J connectivity index is 1.57. The second kappa shape index (κ2) is 6.74. The monoisotopic (exact) mass is 372 g/mol. The van der Waals surface area contributed by atoms with E-state index in [0.717, 1.165) is 37.0 Å². The molecule has 0 radical (unpaired) electrons. The van der Waals surface area contributed by atoms with E-state index in [4.69, 9.17) is 4.74 Å². The number of rotatable bonds is 3. The van der Waals surface area contributed by atoms with Gasteiger partial charge in [-0.1, -0.05) is 32.4 Å². The van der Waals surface area contributed by atoms with Gasteiger partial charge in [-0.3, -0.25) is 4.79 Å². The fourth-order valence-electron chi connectivity index (χ4n) is 7.96. The van der Waals surface area contributed by atoms with E-state index in [1.807, 2.05) is 0 Å². The first-order valence-corrected chi connectivity index (χ1v) is 11.1. The van der Waals surface area contributed by atoms with E-state index in [0.29, 0.717) is 11.3 Å². The molecule has 3 fully saturated rings. The zero-order valence-electron chi connectivity index (χ0n) is 17.5. The lowest BCUT2D eigenvalue weighted by atomic mass is 9.47. The molecule has 0 saturated heterocycles. The Hall–Kier alpha value is -1.12. The minimum absolute atomic E-state index is 0.0801. The molecule has 3 unspecified atom stereocenters. The van der Waals surface area contributed by atoms with Crippen molar-refractivity contribution in [2.24, 2.45) is 40.4 Å². The Morgan fingerprint density at radius 2 is 1.96 bits per heavy atom. The molecule has 4 aliphatic rings. The van der Waals surface area contributed by atoms with Gasteiger partial charge >= 0.3 is 5.97 Å². The van der Waals surface area contributed by atoms with Crippen LogP contribution in [0.3, 0.4) is 0 Å². The molecule has 0 N–H and O–H groups in total. The van der Waals surface area contributed by atoms with Gasteiger partial charge in [0.25, 0.3) is 0 Å². The smallest absolute Gasteiger partial charge is 0.302 e. The molecule has 0 spiro atoms. The second-order valence-electron chi connectivity index (χ2n) is 10.5. The van der Waals surface area contributed by atoms with Crippen molar-refractivity contribution in [1.82, 2.24) is 0 Å². The third-order valence-electron chi connectivity index (χ3n) is 9.31. The summed E-state index contributed by atoms with van der Waals surface area (Å²) in [4.78, 5) is 22.9. The highest BCUT2D eigenvalue weighted by atomic mass is 16.5. The number of hydrogen-bond donors (Lipinski definition) is 0. The summed E-state index contributed by atoms with van der Waals surface area (Å²) in [7, 11) is 0. The molecule has 150 valence electrons. The van der Waals surface area contributed by atoms with Crippen molar-refractivity contribution in [3.05, 3.63) is 11.6 Å². The molecule has 0 amide bonds. The Kier molecular flexibility index (Phi) is 4.79. The lowest BCUT2D eigenvalue weighted by molar-refractivity contribution is -0.148. The SMILES string of the molecule is CC(=O)O[C@H]1CC[C@@]2(C)C(=CCC3C2CC[C@@]2(C)C3CC[C@@H]2[C@H](C)C=O)C1. The van der Waals surface area contributed by atoms with Crippen LogP contribution in [0.15, 0.2) is 11.6 Å². The highest BCUT2D eigenvalue weighted by molar-refractivity contribution is 5.66. The first-order valence-electron chi connectivity index (χ1n) is 11.1. The fraction of sp³-hybridized carbons (Fsp3) is 0.833.